The molecule has 0 unspecified atom stereocenters. The van der Waals surface area contributed by atoms with Crippen LogP contribution in [0.25, 0.3) is 0 Å². The molecule has 1 aromatic carbocycles. The van der Waals surface area contributed by atoms with Crippen LogP contribution in [0.5, 0.6) is 0 Å². The van der Waals surface area contributed by atoms with E-state index in [-0.39, 0.29) is 15.9 Å². The fourth-order valence-corrected chi connectivity index (χ4v) is 1.24. The van der Waals surface area contributed by atoms with Crippen molar-refractivity contribution in [3.63, 3.8) is 0 Å². The lowest BCUT2D eigenvalue weighted by Gasteiger charge is -2.23. The first-order valence-electron chi connectivity index (χ1n) is 3.14. The molecule has 0 heterocycles. The van der Waals surface area contributed by atoms with Gasteiger partial charge in [-0.15, -0.1) is 0 Å². The molecule has 1 aromatic rings. The van der Waals surface area contributed by atoms with Crippen LogP contribution >= 0.6 is 23.2 Å². The van der Waals surface area contributed by atoms with E-state index in [2.05, 4.69) is 0 Å². The highest BCUT2D eigenvalue weighted by Gasteiger charge is 2.06. The topological polar surface area (TPSA) is 46.5 Å². The second-order valence-corrected chi connectivity index (χ2v) is 3.06. The number of hydrogen-bond acceptors (Lipinski definition) is 3. The monoisotopic (exact) mass is 206 g/mol. The summed E-state index contributed by atoms with van der Waals surface area (Å²) in [6, 6.07) is 2.85. The van der Waals surface area contributed by atoms with Crippen molar-refractivity contribution in [1.29, 1.82) is 0 Å². The Bertz CT molecular complexity index is 302. The molecule has 0 aliphatic heterocycles. The fourth-order valence-electron chi connectivity index (χ4n) is 0.795. The van der Waals surface area contributed by atoms with Crippen LogP contribution in [0.1, 0.15) is 5.56 Å². The molecular formula is C7H6Cl2NO2-. The van der Waals surface area contributed by atoms with Crippen molar-refractivity contribution in [3.8, 4) is 0 Å². The van der Waals surface area contributed by atoms with Crippen molar-refractivity contribution < 1.29 is 5.21 Å². The van der Waals surface area contributed by atoms with Crippen molar-refractivity contribution in [2.75, 3.05) is 5.23 Å². The average Bonchev–Trinajstić information content (AvgIpc) is 2.00. The second-order valence-electron chi connectivity index (χ2n) is 2.28. The molecule has 0 bridgehead atoms. The molecule has 0 fully saturated rings. The lowest BCUT2D eigenvalue weighted by molar-refractivity contribution is 0.296. The van der Waals surface area contributed by atoms with E-state index in [1.165, 1.54) is 12.1 Å². The standard InChI is InChI=1S/C7H6Cl2NO2/c1-4-5(8)2-3-6(7(4)9)10(11)12/h2-3,11H,1H3/q-1. The molecule has 0 aliphatic carbocycles. The summed E-state index contributed by atoms with van der Waals surface area (Å²) in [5.41, 5.74) is 0.573. The average molecular weight is 207 g/mol. The molecule has 0 spiro atoms. The van der Waals surface area contributed by atoms with Gasteiger partial charge in [-0.25, -0.2) is 0 Å². The Morgan fingerprint density at radius 1 is 1.42 bits per heavy atom. The van der Waals surface area contributed by atoms with Crippen LogP contribution in [0.4, 0.5) is 5.69 Å². The van der Waals surface area contributed by atoms with Gasteiger partial charge in [-0.2, -0.15) is 0 Å². The number of hydrogen-bond donors (Lipinski definition) is 1. The van der Waals surface area contributed by atoms with Crippen molar-refractivity contribution in [2.24, 2.45) is 0 Å². The van der Waals surface area contributed by atoms with Gasteiger partial charge in [0.25, 0.3) is 0 Å². The summed E-state index contributed by atoms with van der Waals surface area (Å²) in [7, 11) is 0. The Morgan fingerprint density at radius 3 is 2.50 bits per heavy atom. The van der Waals surface area contributed by atoms with Crippen molar-refractivity contribution in [1.82, 2.24) is 0 Å². The van der Waals surface area contributed by atoms with Gasteiger partial charge in [0.15, 0.2) is 0 Å². The largest absolute Gasteiger partial charge is 0.733 e. The van der Waals surface area contributed by atoms with Crippen LogP contribution in [0.2, 0.25) is 10.0 Å². The Morgan fingerprint density at radius 2 is 2.00 bits per heavy atom. The van der Waals surface area contributed by atoms with Crippen LogP contribution in [-0.2, 0) is 0 Å². The zero-order chi connectivity index (χ0) is 9.30. The number of anilines is 1. The molecule has 0 amide bonds. The van der Waals surface area contributed by atoms with E-state index in [1.54, 1.807) is 6.92 Å². The lowest BCUT2D eigenvalue weighted by Crippen LogP contribution is -2.07. The van der Waals surface area contributed by atoms with E-state index < -0.39 is 0 Å². The predicted octanol–water partition coefficient (Wildman–Crippen LogP) is 3.00. The molecule has 0 atom stereocenters. The van der Waals surface area contributed by atoms with Gasteiger partial charge in [0, 0.05) is 5.02 Å². The predicted molar refractivity (Wildman–Crippen MR) is 48.8 cm³/mol. The summed E-state index contributed by atoms with van der Waals surface area (Å²) < 4.78 is 0. The lowest BCUT2D eigenvalue weighted by atomic mass is 10.2. The highest BCUT2D eigenvalue weighted by molar-refractivity contribution is 6.37. The van der Waals surface area contributed by atoms with Crippen LogP contribution in [0.15, 0.2) is 12.1 Å². The summed E-state index contributed by atoms with van der Waals surface area (Å²) in [5.74, 6) is 0. The third kappa shape index (κ3) is 1.64. The van der Waals surface area contributed by atoms with Gasteiger partial charge >= 0.3 is 0 Å². The van der Waals surface area contributed by atoms with Gasteiger partial charge < -0.3 is 10.4 Å². The zero-order valence-corrected chi connectivity index (χ0v) is 7.73. The Hall–Kier alpha value is -0.480. The minimum Gasteiger partial charge on any atom is -0.733 e. The molecule has 3 nitrogen and oxygen atoms in total. The summed E-state index contributed by atoms with van der Waals surface area (Å²) >= 11 is 11.4. The maximum Gasteiger partial charge on any atom is 0.0699 e. The number of benzene rings is 1. The maximum absolute atomic E-state index is 10.5. The molecule has 0 aromatic heterocycles. The normalized spacial score (nSPS) is 10.1. The molecule has 0 aliphatic rings. The first-order chi connectivity index (χ1) is 5.54. The molecule has 0 radical (unpaired) electrons. The highest BCUT2D eigenvalue weighted by Crippen LogP contribution is 2.32. The maximum atomic E-state index is 10.5. The van der Waals surface area contributed by atoms with E-state index >= 15 is 0 Å². The third-order valence-corrected chi connectivity index (χ3v) is 2.39. The van der Waals surface area contributed by atoms with Crippen LogP contribution < -0.4 is 5.23 Å². The Kier molecular flexibility index (Phi) is 2.80. The van der Waals surface area contributed by atoms with E-state index in [1.807, 2.05) is 0 Å². The van der Waals surface area contributed by atoms with Gasteiger partial charge in [-0.05, 0) is 24.6 Å². The van der Waals surface area contributed by atoms with E-state index in [9.17, 15) is 5.21 Å². The van der Waals surface area contributed by atoms with Crippen molar-refractivity contribution >= 4 is 28.9 Å². The van der Waals surface area contributed by atoms with Gasteiger partial charge in [0.1, 0.15) is 0 Å². The summed E-state index contributed by atoms with van der Waals surface area (Å²) in [6.45, 7) is 1.66. The molecule has 66 valence electrons. The van der Waals surface area contributed by atoms with E-state index in [0.717, 1.165) is 0 Å². The Labute approximate surface area is 79.7 Å². The summed E-state index contributed by atoms with van der Waals surface area (Å²) in [4.78, 5) is 0. The first-order valence-corrected chi connectivity index (χ1v) is 3.90. The molecule has 0 saturated carbocycles. The fraction of sp³-hybridized carbons (Fsp3) is 0.143. The molecular weight excluding hydrogens is 201 g/mol. The van der Waals surface area contributed by atoms with Gasteiger partial charge in [0.2, 0.25) is 0 Å². The minimum atomic E-state index is -0.286. The van der Waals surface area contributed by atoms with Crippen LogP contribution in [0, 0.1) is 12.1 Å². The molecule has 1 N–H and O–H groups in total. The van der Waals surface area contributed by atoms with E-state index in [4.69, 9.17) is 28.4 Å². The zero-order valence-electron chi connectivity index (χ0n) is 6.21. The smallest absolute Gasteiger partial charge is 0.0699 e. The minimum absolute atomic E-state index is 0.00133. The summed E-state index contributed by atoms with van der Waals surface area (Å²) in [5, 5.41) is 19.4. The molecule has 5 heteroatoms. The molecule has 12 heavy (non-hydrogen) atoms. The SMILES string of the molecule is Cc1c(Cl)ccc(N([O-])O)c1Cl. The highest BCUT2D eigenvalue weighted by atomic mass is 35.5. The number of halogens is 2. The first kappa shape index (κ1) is 9.61. The van der Waals surface area contributed by atoms with Crippen LogP contribution in [-0.4, -0.2) is 5.21 Å². The third-order valence-electron chi connectivity index (χ3n) is 1.51. The summed E-state index contributed by atoms with van der Waals surface area (Å²) in [6.07, 6.45) is 0. The Balaban J connectivity index is 3.27. The van der Waals surface area contributed by atoms with E-state index in [0.29, 0.717) is 10.6 Å². The second kappa shape index (κ2) is 3.49. The van der Waals surface area contributed by atoms with Crippen LogP contribution in [0.3, 0.4) is 0 Å². The number of rotatable bonds is 1. The van der Waals surface area contributed by atoms with Gasteiger partial charge in [-0.3, -0.25) is 5.21 Å². The van der Waals surface area contributed by atoms with Gasteiger partial charge in [0.05, 0.1) is 10.7 Å². The molecule has 0 saturated heterocycles. The quantitative estimate of drug-likeness (QED) is 0.720. The van der Waals surface area contributed by atoms with Crippen molar-refractivity contribution in [3.05, 3.63) is 32.9 Å². The van der Waals surface area contributed by atoms with Crippen molar-refractivity contribution in [2.45, 2.75) is 6.92 Å². The number of nitrogens with zero attached hydrogens (tertiary/aromatic N) is 1. The van der Waals surface area contributed by atoms with Gasteiger partial charge in [-0.1, -0.05) is 23.2 Å². The molecule has 1 rings (SSSR count).